The maximum Gasteiger partial charge on any atom is 0.313 e. The van der Waals surface area contributed by atoms with Gasteiger partial charge in [0.25, 0.3) is 0 Å². The lowest BCUT2D eigenvalue weighted by Crippen LogP contribution is -2.38. The maximum atomic E-state index is 11.7. The molecule has 0 heterocycles. The molecule has 0 bridgehead atoms. The number of aryl methyl sites for hydroxylation is 1. The molecule has 5 heteroatoms. The highest BCUT2D eigenvalue weighted by atomic mass is 16.3. The number of carbonyl (C=O) groups is 2. The van der Waals surface area contributed by atoms with Gasteiger partial charge in [0.1, 0.15) is 0 Å². The summed E-state index contributed by atoms with van der Waals surface area (Å²) in [5, 5.41) is 14.9. The van der Waals surface area contributed by atoms with Crippen molar-refractivity contribution < 1.29 is 14.7 Å². The molecule has 0 saturated carbocycles. The second-order valence-electron chi connectivity index (χ2n) is 6.25. The SMILES string of the molecule is Cc1ccc(NC(=O)C(=O)NCCC(O)C(C)(C)C)cc1. The van der Waals surface area contributed by atoms with Gasteiger partial charge < -0.3 is 15.7 Å². The first-order valence-corrected chi connectivity index (χ1v) is 7.04. The second-order valence-corrected chi connectivity index (χ2v) is 6.25. The van der Waals surface area contributed by atoms with Gasteiger partial charge in [-0.3, -0.25) is 9.59 Å². The van der Waals surface area contributed by atoms with Gasteiger partial charge in [-0.1, -0.05) is 38.5 Å². The maximum absolute atomic E-state index is 11.7. The van der Waals surface area contributed by atoms with Gasteiger partial charge in [-0.2, -0.15) is 0 Å². The Morgan fingerprint density at radius 2 is 1.71 bits per heavy atom. The van der Waals surface area contributed by atoms with Gasteiger partial charge in [-0.15, -0.1) is 0 Å². The Morgan fingerprint density at radius 1 is 1.14 bits per heavy atom. The lowest BCUT2D eigenvalue weighted by atomic mass is 9.87. The smallest absolute Gasteiger partial charge is 0.313 e. The fourth-order valence-electron chi connectivity index (χ4n) is 1.66. The van der Waals surface area contributed by atoms with Crippen LogP contribution in [0.5, 0.6) is 0 Å². The number of hydrogen-bond donors (Lipinski definition) is 3. The number of amides is 2. The molecule has 1 aromatic rings. The van der Waals surface area contributed by atoms with Crippen molar-refractivity contribution in [2.24, 2.45) is 5.41 Å². The largest absolute Gasteiger partial charge is 0.393 e. The third-order valence-corrected chi connectivity index (χ3v) is 3.22. The van der Waals surface area contributed by atoms with Crippen molar-refractivity contribution in [2.75, 3.05) is 11.9 Å². The third kappa shape index (κ3) is 5.95. The van der Waals surface area contributed by atoms with Gasteiger partial charge in [0.2, 0.25) is 0 Å². The first-order chi connectivity index (χ1) is 9.70. The van der Waals surface area contributed by atoms with E-state index in [0.29, 0.717) is 12.1 Å². The number of nitrogens with one attached hydrogen (secondary N) is 2. The molecule has 0 saturated heterocycles. The van der Waals surface area contributed by atoms with Crippen LogP contribution >= 0.6 is 0 Å². The Kier molecular flexibility index (Phi) is 5.90. The highest BCUT2D eigenvalue weighted by Gasteiger charge is 2.22. The zero-order chi connectivity index (χ0) is 16.0. The Hall–Kier alpha value is -1.88. The zero-order valence-corrected chi connectivity index (χ0v) is 13.1. The van der Waals surface area contributed by atoms with Crippen molar-refractivity contribution in [1.29, 1.82) is 0 Å². The fourth-order valence-corrected chi connectivity index (χ4v) is 1.66. The monoisotopic (exact) mass is 292 g/mol. The second kappa shape index (κ2) is 7.22. The predicted molar refractivity (Wildman–Crippen MR) is 82.9 cm³/mol. The summed E-state index contributed by atoms with van der Waals surface area (Å²) in [5.74, 6) is -1.40. The molecule has 0 aliphatic heterocycles. The number of rotatable bonds is 4. The molecule has 0 aliphatic carbocycles. The first kappa shape index (κ1) is 17.2. The third-order valence-electron chi connectivity index (χ3n) is 3.22. The number of hydrogen-bond acceptors (Lipinski definition) is 3. The minimum atomic E-state index is -0.705. The summed E-state index contributed by atoms with van der Waals surface area (Å²) in [6, 6.07) is 7.19. The molecule has 0 radical (unpaired) electrons. The van der Waals surface area contributed by atoms with Crippen LogP contribution in [0.15, 0.2) is 24.3 Å². The van der Waals surface area contributed by atoms with E-state index in [4.69, 9.17) is 0 Å². The molecule has 5 nitrogen and oxygen atoms in total. The Morgan fingerprint density at radius 3 is 2.24 bits per heavy atom. The molecule has 0 aromatic heterocycles. The topological polar surface area (TPSA) is 78.4 Å². The first-order valence-electron chi connectivity index (χ1n) is 7.04. The van der Waals surface area contributed by atoms with Crippen molar-refractivity contribution in [1.82, 2.24) is 5.32 Å². The molecule has 0 fully saturated rings. The standard InChI is InChI=1S/C16H24N2O3/c1-11-5-7-12(8-6-11)18-15(21)14(20)17-10-9-13(19)16(2,3)4/h5-8,13,19H,9-10H2,1-4H3,(H,17,20)(H,18,21). The normalized spacial score (nSPS) is 12.6. The van der Waals surface area contributed by atoms with Crippen molar-refractivity contribution in [2.45, 2.75) is 40.2 Å². The summed E-state index contributed by atoms with van der Waals surface area (Å²) in [7, 11) is 0. The molecule has 1 rings (SSSR count). The average Bonchev–Trinajstić information content (AvgIpc) is 2.40. The summed E-state index contributed by atoms with van der Waals surface area (Å²) < 4.78 is 0. The van der Waals surface area contributed by atoms with Gasteiger partial charge in [-0.25, -0.2) is 0 Å². The van der Waals surface area contributed by atoms with E-state index in [1.807, 2.05) is 39.8 Å². The van der Waals surface area contributed by atoms with Crippen LogP contribution in [0.3, 0.4) is 0 Å². The number of anilines is 1. The van der Waals surface area contributed by atoms with E-state index < -0.39 is 17.9 Å². The molecule has 1 aromatic carbocycles. The Labute approximate surface area is 125 Å². The van der Waals surface area contributed by atoms with Crippen molar-refractivity contribution in [3.8, 4) is 0 Å². The summed E-state index contributed by atoms with van der Waals surface area (Å²) >= 11 is 0. The van der Waals surface area contributed by atoms with Crippen LogP contribution in [0.1, 0.15) is 32.8 Å². The molecule has 1 atom stereocenters. The summed E-state index contributed by atoms with van der Waals surface area (Å²) in [5.41, 5.74) is 1.42. The van der Waals surface area contributed by atoms with E-state index in [2.05, 4.69) is 10.6 Å². The molecular formula is C16H24N2O3. The van der Waals surface area contributed by atoms with Crippen LogP contribution in [0.4, 0.5) is 5.69 Å². The number of aliphatic hydroxyl groups is 1. The molecule has 3 N–H and O–H groups in total. The van der Waals surface area contributed by atoms with E-state index >= 15 is 0 Å². The molecule has 1 unspecified atom stereocenters. The van der Waals surface area contributed by atoms with Crippen LogP contribution in [-0.2, 0) is 9.59 Å². The van der Waals surface area contributed by atoms with Gasteiger partial charge in [0.15, 0.2) is 0 Å². The van der Waals surface area contributed by atoms with Gasteiger partial charge in [0, 0.05) is 12.2 Å². The van der Waals surface area contributed by atoms with Crippen molar-refractivity contribution in [3.63, 3.8) is 0 Å². The minimum Gasteiger partial charge on any atom is -0.393 e. The average molecular weight is 292 g/mol. The van der Waals surface area contributed by atoms with Gasteiger partial charge in [-0.05, 0) is 30.9 Å². The van der Waals surface area contributed by atoms with E-state index in [1.54, 1.807) is 12.1 Å². The summed E-state index contributed by atoms with van der Waals surface area (Å²) in [4.78, 5) is 23.3. The van der Waals surface area contributed by atoms with E-state index in [-0.39, 0.29) is 12.0 Å². The minimum absolute atomic E-state index is 0.241. The van der Waals surface area contributed by atoms with E-state index in [1.165, 1.54) is 0 Å². The predicted octanol–water partition coefficient (Wildman–Crippen LogP) is 1.85. The molecule has 2 amide bonds. The van der Waals surface area contributed by atoms with Crippen LogP contribution in [0.25, 0.3) is 0 Å². The number of aliphatic hydroxyl groups excluding tert-OH is 1. The Bertz CT molecular complexity index is 489. The van der Waals surface area contributed by atoms with E-state index in [9.17, 15) is 14.7 Å². The van der Waals surface area contributed by atoms with Crippen LogP contribution < -0.4 is 10.6 Å². The molecule has 0 aliphatic rings. The summed E-state index contributed by atoms with van der Waals surface area (Å²) in [6.45, 7) is 7.97. The molecule has 116 valence electrons. The van der Waals surface area contributed by atoms with Crippen LogP contribution in [0, 0.1) is 12.3 Å². The Balaban J connectivity index is 2.38. The number of benzene rings is 1. The van der Waals surface area contributed by atoms with Crippen LogP contribution in [0.2, 0.25) is 0 Å². The zero-order valence-electron chi connectivity index (χ0n) is 13.1. The van der Waals surface area contributed by atoms with Gasteiger partial charge in [0.05, 0.1) is 6.10 Å². The number of carbonyl (C=O) groups excluding carboxylic acids is 2. The highest BCUT2D eigenvalue weighted by Crippen LogP contribution is 2.20. The lowest BCUT2D eigenvalue weighted by Gasteiger charge is -2.25. The van der Waals surface area contributed by atoms with Gasteiger partial charge >= 0.3 is 11.8 Å². The highest BCUT2D eigenvalue weighted by molar-refractivity contribution is 6.39. The van der Waals surface area contributed by atoms with Crippen molar-refractivity contribution >= 4 is 17.5 Å². The molecule has 0 spiro atoms. The quantitative estimate of drug-likeness (QED) is 0.741. The summed E-state index contributed by atoms with van der Waals surface area (Å²) in [6.07, 6.45) is -0.120. The van der Waals surface area contributed by atoms with E-state index in [0.717, 1.165) is 5.56 Å². The van der Waals surface area contributed by atoms with Crippen LogP contribution in [-0.4, -0.2) is 29.6 Å². The molecular weight excluding hydrogens is 268 g/mol. The fraction of sp³-hybridized carbons (Fsp3) is 0.500. The van der Waals surface area contributed by atoms with Crippen molar-refractivity contribution in [3.05, 3.63) is 29.8 Å². The lowest BCUT2D eigenvalue weighted by molar-refractivity contribution is -0.136. The molecule has 21 heavy (non-hydrogen) atoms.